The summed E-state index contributed by atoms with van der Waals surface area (Å²) < 4.78 is 5.12. The van der Waals surface area contributed by atoms with Crippen LogP contribution in [0.25, 0.3) is 0 Å². The fraction of sp³-hybridized carbons (Fsp3) is 0.429. The van der Waals surface area contributed by atoms with Gasteiger partial charge in [-0.25, -0.2) is 4.79 Å². The molecule has 1 atom stereocenters. The number of aryl methyl sites for hydroxylation is 1. The second-order valence-electron chi connectivity index (χ2n) is 4.78. The molecule has 1 heterocycles. The minimum Gasteiger partial charge on any atom is -0.481 e. The number of cyclic esters (lactones) is 1. The van der Waals surface area contributed by atoms with Gasteiger partial charge in [0.05, 0.1) is 19.5 Å². The molecule has 1 saturated heterocycles. The Morgan fingerprint density at radius 1 is 1.50 bits per heavy atom. The van der Waals surface area contributed by atoms with Crippen LogP contribution in [-0.2, 0) is 9.53 Å². The van der Waals surface area contributed by atoms with Crippen molar-refractivity contribution in [1.82, 2.24) is 5.32 Å². The number of ether oxygens (including phenoxy) is 1. The summed E-state index contributed by atoms with van der Waals surface area (Å²) in [6.45, 7) is 3.29. The Bertz CT molecular complexity index is 504. The number of nitrogens with one attached hydrogen (secondary N) is 1. The number of carbonyl (C=O) groups excluding carboxylic acids is 1. The quantitative estimate of drug-likeness (QED) is 0.822. The molecule has 0 aliphatic carbocycles. The van der Waals surface area contributed by atoms with E-state index in [0.29, 0.717) is 19.6 Å². The van der Waals surface area contributed by atoms with E-state index >= 15 is 0 Å². The summed E-state index contributed by atoms with van der Waals surface area (Å²) in [6.07, 6.45) is -0.628. The van der Waals surface area contributed by atoms with Gasteiger partial charge in [-0.05, 0) is 18.6 Å². The van der Waals surface area contributed by atoms with Gasteiger partial charge >= 0.3 is 12.1 Å². The first-order chi connectivity index (χ1) is 9.56. The van der Waals surface area contributed by atoms with Gasteiger partial charge in [0.25, 0.3) is 0 Å². The summed E-state index contributed by atoms with van der Waals surface area (Å²) in [5.41, 5.74) is 2.03. The SMILES string of the molecule is Cc1ccccc1N(CCC(=O)O)CC1CNC(=O)O1. The highest BCUT2D eigenvalue weighted by Crippen LogP contribution is 2.21. The van der Waals surface area contributed by atoms with Crippen LogP contribution in [0.5, 0.6) is 0 Å². The highest BCUT2D eigenvalue weighted by Gasteiger charge is 2.25. The Morgan fingerprint density at radius 2 is 2.25 bits per heavy atom. The monoisotopic (exact) mass is 278 g/mol. The smallest absolute Gasteiger partial charge is 0.407 e. The Balaban J connectivity index is 2.09. The second-order valence-corrected chi connectivity index (χ2v) is 4.78. The molecule has 1 aliphatic heterocycles. The van der Waals surface area contributed by atoms with Crippen molar-refractivity contribution in [1.29, 1.82) is 0 Å². The van der Waals surface area contributed by atoms with Crippen molar-refractivity contribution < 1.29 is 19.4 Å². The van der Waals surface area contributed by atoms with Crippen molar-refractivity contribution in [3.05, 3.63) is 29.8 Å². The Hall–Kier alpha value is -2.24. The van der Waals surface area contributed by atoms with Gasteiger partial charge in [-0.2, -0.15) is 0 Å². The fourth-order valence-corrected chi connectivity index (χ4v) is 2.24. The van der Waals surface area contributed by atoms with Gasteiger partial charge in [0, 0.05) is 12.2 Å². The minimum absolute atomic E-state index is 0.0441. The summed E-state index contributed by atoms with van der Waals surface area (Å²) in [7, 11) is 0. The van der Waals surface area contributed by atoms with Crippen LogP contribution in [0.2, 0.25) is 0 Å². The number of hydrogen-bond donors (Lipinski definition) is 2. The predicted molar refractivity (Wildman–Crippen MR) is 73.9 cm³/mol. The molecule has 1 aromatic carbocycles. The lowest BCUT2D eigenvalue weighted by Gasteiger charge is -2.27. The first kappa shape index (κ1) is 14.2. The maximum Gasteiger partial charge on any atom is 0.407 e. The number of carbonyl (C=O) groups is 2. The van der Waals surface area contributed by atoms with Crippen molar-refractivity contribution >= 4 is 17.7 Å². The molecule has 0 saturated carbocycles. The van der Waals surface area contributed by atoms with E-state index in [0.717, 1.165) is 11.3 Å². The fourth-order valence-electron chi connectivity index (χ4n) is 2.24. The number of amides is 1. The molecule has 1 unspecified atom stereocenters. The average Bonchev–Trinajstić information content (AvgIpc) is 2.81. The van der Waals surface area contributed by atoms with Crippen LogP contribution in [0.4, 0.5) is 10.5 Å². The van der Waals surface area contributed by atoms with Crippen LogP contribution in [0.15, 0.2) is 24.3 Å². The summed E-state index contributed by atoms with van der Waals surface area (Å²) in [6, 6.07) is 7.77. The molecular formula is C14H18N2O4. The number of alkyl carbamates (subject to hydrolysis) is 1. The first-order valence-electron chi connectivity index (χ1n) is 6.53. The average molecular weight is 278 g/mol. The largest absolute Gasteiger partial charge is 0.481 e. The summed E-state index contributed by atoms with van der Waals surface area (Å²) in [5, 5.41) is 11.5. The molecule has 6 nitrogen and oxygen atoms in total. The third-order valence-electron chi connectivity index (χ3n) is 3.22. The van der Waals surface area contributed by atoms with Crippen molar-refractivity contribution in [3.63, 3.8) is 0 Å². The second kappa shape index (κ2) is 6.27. The third-order valence-corrected chi connectivity index (χ3v) is 3.22. The zero-order valence-electron chi connectivity index (χ0n) is 11.3. The first-order valence-corrected chi connectivity index (χ1v) is 6.53. The van der Waals surface area contributed by atoms with Gasteiger partial charge in [0.2, 0.25) is 0 Å². The molecule has 108 valence electrons. The molecule has 2 N–H and O–H groups in total. The van der Waals surface area contributed by atoms with Crippen LogP contribution in [0.1, 0.15) is 12.0 Å². The molecule has 1 aliphatic rings. The van der Waals surface area contributed by atoms with Crippen LogP contribution >= 0.6 is 0 Å². The molecule has 20 heavy (non-hydrogen) atoms. The summed E-state index contributed by atoms with van der Waals surface area (Å²) in [4.78, 5) is 23.8. The summed E-state index contributed by atoms with van der Waals surface area (Å²) in [5.74, 6) is -0.842. The molecule has 1 fully saturated rings. The third kappa shape index (κ3) is 3.63. The molecular weight excluding hydrogens is 260 g/mol. The number of anilines is 1. The Labute approximate surface area is 117 Å². The van der Waals surface area contributed by atoms with Gasteiger partial charge in [-0.15, -0.1) is 0 Å². The number of aliphatic carboxylic acids is 1. The van der Waals surface area contributed by atoms with Crippen LogP contribution in [0, 0.1) is 6.92 Å². The van der Waals surface area contributed by atoms with Crippen LogP contribution in [0.3, 0.4) is 0 Å². The van der Waals surface area contributed by atoms with E-state index in [2.05, 4.69) is 5.32 Å². The highest BCUT2D eigenvalue weighted by molar-refractivity contribution is 5.70. The molecule has 0 aromatic heterocycles. The van der Waals surface area contributed by atoms with E-state index < -0.39 is 12.1 Å². The van der Waals surface area contributed by atoms with E-state index in [4.69, 9.17) is 9.84 Å². The lowest BCUT2D eigenvalue weighted by atomic mass is 10.1. The molecule has 0 radical (unpaired) electrons. The van der Waals surface area contributed by atoms with Gasteiger partial charge in [-0.3, -0.25) is 4.79 Å². The zero-order valence-corrected chi connectivity index (χ0v) is 11.3. The van der Waals surface area contributed by atoms with Crippen LogP contribution in [-0.4, -0.2) is 42.9 Å². The number of carboxylic acids is 1. The maximum atomic E-state index is 11.1. The van der Waals surface area contributed by atoms with Gasteiger partial charge in [0.15, 0.2) is 0 Å². The van der Waals surface area contributed by atoms with Crippen molar-refractivity contribution in [2.75, 3.05) is 24.5 Å². The highest BCUT2D eigenvalue weighted by atomic mass is 16.6. The molecule has 2 rings (SSSR count). The zero-order chi connectivity index (χ0) is 14.5. The van der Waals surface area contributed by atoms with Crippen molar-refractivity contribution in [2.45, 2.75) is 19.4 Å². The molecule has 0 bridgehead atoms. The number of nitrogens with zero attached hydrogens (tertiary/aromatic N) is 1. The standard InChI is InChI=1S/C14H18N2O4/c1-10-4-2-3-5-12(10)16(7-6-13(17)18)9-11-8-15-14(19)20-11/h2-5,11H,6-9H2,1H3,(H,15,19)(H,17,18). The van der Waals surface area contributed by atoms with Crippen molar-refractivity contribution in [3.8, 4) is 0 Å². The van der Waals surface area contributed by atoms with E-state index in [1.807, 2.05) is 36.1 Å². The van der Waals surface area contributed by atoms with E-state index in [-0.39, 0.29) is 12.5 Å². The molecule has 1 amide bonds. The number of para-hydroxylation sites is 1. The van der Waals surface area contributed by atoms with E-state index in [1.165, 1.54) is 0 Å². The lowest BCUT2D eigenvalue weighted by Crippen LogP contribution is -2.36. The number of benzene rings is 1. The summed E-state index contributed by atoms with van der Waals surface area (Å²) >= 11 is 0. The van der Waals surface area contributed by atoms with Gasteiger partial charge < -0.3 is 20.1 Å². The topological polar surface area (TPSA) is 78.9 Å². The van der Waals surface area contributed by atoms with Gasteiger partial charge in [0.1, 0.15) is 6.10 Å². The molecule has 1 aromatic rings. The minimum atomic E-state index is -0.842. The van der Waals surface area contributed by atoms with E-state index in [9.17, 15) is 9.59 Å². The van der Waals surface area contributed by atoms with Crippen LogP contribution < -0.4 is 10.2 Å². The van der Waals surface area contributed by atoms with Gasteiger partial charge in [-0.1, -0.05) is 18.2 Å². The molecule has 6 heteroatoms. The lowest BCUT2D eigenvalue weighted by molar-refractivity contribution is -0.136. The Kier molecular flexibility index (Phi) is 4.45. The maximum absolute atomic E-state index is 11.1. The predicted octanol–water partition coefficient (Wildman–Crippen LogP) is 1.38. The molecule has 0 spiro atoms. The number of rotatable bonds is 6. The number of carboxylic acid groups (broad SMARTS) is 1. The number of hydrogen-bond acceptors (Lipinski definition) is 4. The Morgan fingerprint density at radius 3 is 2.85 bits per heavy atom. The normalized spacial score (nSPS) is 17.4. The van der Waals surface area contributed by atoms with Crippen molar-refractivity contribution in [2.24, 2.45) is 0 Å². The van der Waals surface area contributed by atoms with E-state index in [1.54, 1.807) is 0 Å².